The molecular weight excluding hydrogens is 393 g/mol. The van der Waals surface area contributed by atoms with Crippen molar-refractivity contribution in [3.8, 4) is 0 Å². The van der Waals surface area contributed by atoms with E-state index < -0.39 is 5.82 Å². The van der Waals surface area contributed by atoms with Crippen molar-refractivity contribution in [1.82, 2.24) is 4.90 Å². The van der Waals surface area contributed by atoms with Gasteiger partial charge >= 0.3 is 0 Å². The van der Waals surface area contributed by atoms with Crippen LogP contribution in [0.25, 0.3) is 0 Å². The fourth-order valence-electron chi connectivity index (χ4n) is 2.25. The van der Waals surface area contributed by atoms with Crippen LogP contribution in [0.4, 0.5) is 4.39 Å². The van der Waals surface area contributed by atoms with Crippen molar-refractivity contribution >= 4 is 37.8 Å². The largest absolute Gasteiger partial charge is 0.377 e. The highest BCUT2D eigenvalue weighted by Gasteiger charge is 2.24. The predicted octanol–water partition coefficient (Wildman–Crippen LogP) is 3.60. The van der Waals surface area contributed by atoms with Gasteiger partial charge in [0.25, 0.3) is 5.91 Å². The molecule has 1 aliphatic heterocycles. The lowest BCUT2D eigenvalue weighted by atomic mass is 10.1. The molecule has 1 amide bonds. The van der Waals surface area contributed by atoms with E-state index >= 15 is 0 Å². The van der Waals surface area contributed by atoms with Gasteiger partial charge in [-0.05, 0) is 47.0 Å². The SMILES string of the molecule is O=C(c1ccc(Br)c(F)c1)N1CCC(OCCBr)CC1. The maximum absolute atomic E-state index is 13.5. The molecule has 2 rings (SSSR count). The summed E-state index contributed by atoms with van der Waals surface area (Å²) in [7, 11) is 0. The van der Waals surface area contributed by atoms with Crippen molar-refractivity contribution in [3.63, 3.8) is 0 Å². The van der Waals surface area contributed by atoms with E-state index in [1.54, 1.807) is 17.0 Å². The number of halogens is 3. The average Bonchev–Trinajstić information content (AvgIpc) is 2.48. The molecule has 1 aromatic rings. The highest BCUT2D eigenvalue weighted by atomic mass is 79.9. The fraction of sp³-hybridized carbons (Fsp3) is 0.500. The Hall–Kier alpha value is -0.460. The van der Waals surface area contributed by atoms with E-state index in [4.69, 9.17) is 4.74 Å². The van der Waals surface area contributed by atoms with Crippen molar-refractivity contribution in [3.05, 3.63) is 34.1 Å². The Morgan fingerprint density at radius 3 is 2.70 bits per heavy atom. The zero-order valence-corrected chi connectivity index (χ0v) is 14.1. The Labute approximate surface area is 134 Å². The third kappa shape index (κ3) is 4.02. The first-order valence-corrected chi connectivity index (χ1v) is 8.45. The van der Waals surface area contributed by atoms with Gasteiger partial charge in [0.1, 0.15) is 5.82 Å². The Morgan fingerprint density at radius 2 is 2.10 bits per heavy atom. The minimum absolute atomic E-state index is 0.115. The summed E-state index contributed by atoms with van der Waals surface area (Å²) < 4.78 is 19.5. The summed E-state index contributed by atoms with van der Waals surface area (Å²) in [4.78, 5) is 14.0. The lowest BCUT2D eigenvalue weighted by molar-refractivity contribution is 0.0160. The van der Waals surface area contributed by atoms with Crippen LogP contribution >= 0.6 is 31.9 Å². The van der Waals surface area contributed by atoms with Gasteiger partial charge in [-0.15, -0.1) is 0 Å². The smallest absolute Gasteiger partial charge is 0.253 e. The topological polar surface area (TPSA) is 29.5 Å². The number of nitrogens with zero attached hydrogens (tertiary/aromatic N) is 1. The third-order valence-corrected chi connectivity index (χ3v) is 4.29. The number of amides is 1. The van der Waals surface area contributed by atoms with Gasteiger partial charge < -0.3 is 9.64 Å². The summed E-state index contributed by atoms with van der Waals surface area (Å²) >= 11 is 6.41. The molecule has 1 fully saturated rings. The number of carbonyl (C=O) groups excluding carboxylic acids is 1. The molecule has 0 aliphatic carbocycles. The van der Waals surface area contributed by atoms with Crippen LogP contribution in [0.2, 0.25) is 0 Å². The Balaban J connectivity index is 1.92. The first kappa shape index (κ1) is 15.9. The minimum atomic E-state index is -0.411. The second-order valence-corrected chi connectivity index (χ2v) is 6.33. The van der Waals surface area contributed by atoms with Gasteiger partial charge in [-0.2, -0.15) is 0 Å². The van der Waals surface area contributed by atoms with Crippen LogP contribution in [0.5, 0.6) is 0 Å². The molecule has 0 aromatic heterocycles. The molecule has 6 heteroatoms. The zero-order valence-electron chi connectivity index (χ0n) is 10.9. The van der Waals surface area contributed by atoms with Gasteiger partial charge in [-0.1, -0.05) is 15.9 Å². The van der Waals surface area contributed by atoms with E-state index in [0.29, 0.717) is 29.7 Å². The van der Waals surface area contributed by atoms with Crippen LogP contribution in [-0.4, -0.2) is 41.9 Å². The zero-order chi connectivity index (χ0) is 14.5. The molecule has 1 aromatic carbocycles. The molecule has 0 unspecified atom stereocenters. The maximum atomic E-state index is 13.5. The molecular formula is C14H16Br2FNO2. The second kappa shape index (κ2) is 7.52. The molecule has 3 nitrogen and oxygen atoms in total. The summed E-state index contributed by atoms with van der Waals surface area (Å²) in [6, 6.07) is 4.48. The molecule has 0 radical (unpaired) electrons. The summed E-state index contributed by atoms with van der Waals surface area (Å²) in [5.74, 6) is -0.526. The molecule has 0 bridgehead atoms. The van der Waals surface area contributed by atoms with Gasteiger partial charge in [-0.25, -0.2) is 4.39 Å². The van der Waals surface area contributed by atoms with Gasteiger partial charge in [0.2, 0.25) is 0 Å². The number of alkyl halides is 1. The molecule has 0 saturated carbocycles. The number of rotatable bonds is 4. The van der Waals surface area contributed by atoms with E-state index in [1.807, 2.05) is 0 Å². The van der Waals surface area contributed by atoms with Crippen molar-refractivity contribution in [2.24, 2.45) is 0 Å². The van der Waals surface area contributed by atoms with E-state index in [2.05, 4.69) is 31.9 Å². The number of carbonyl (C=O) groups is 1. The van der Waals surface area contributed by atoms with Gasteiger partial charge in [0, 0.05) is 24.0 Å². The van der Waals surface area contributed by atoms with E-state index in [0.717, 1.165) is 18.2 Å². The van der Waals surface area contributed by atoms with Crippen LogP contribution in [0, 0.1) is 5.82 Å². The Bertz CT molecular complexity index is 476. The van der Waals surface area contributed by atoms with Gasteiger partial charge in [0.15, 0.2) is 0 Å². The van der Waals surface area contributed by atoms with Crippen LogP contribution < -0.4 is 0 Å². The van der Waals surface area contributed by atoms with Gasteiger partial charge in [0.05, 0.1) is 17.2 Å². The predicted molar refractivity (Wildman–Crippen MR) is 82.8 cm³/mol. The lowest BCUT2D eigenvalue weighted by Gasteiger charge is -2.32. The highest BCUT2D eigenvalue weighted by molar-refractivity contribution is 9.10. The summed E-state index contributed by atoms with van der Waals surface area (Å²) in [6.07, 6.45) is 1.88. The number of hydrogen-bond donors (Lipinski definition) is 0. The van der Waals surface area contributed by atoms with Crippen molar-refractivity contribution < 1.29 is 13.9 Å². The van der Waals surface area contributed by atoms with E-state index in [-0.39, 0.29) is 12.0 Å². The molecule has 0 spiro atoms. The third-order valence-electron chi connectivity index (χ3n) is 3.33. The van der Waals surface area contributed by atoms with Crippen LogP contribution in [-0.2, 0) is 4.74 Å². The molecule has 1 aliphatic rings. The number of likely N-dealkylation sites (tertiary alicyclic amines) is 1. The molecule has 0 atom stereocenters. The van der Waals surface area contributed by atoms with E-state index in [9.17, 15) is 9.18 Å². The molecule has 0 N–H and O–H groups in total. The number of ether oxygens (including phenoxy) is 1. The first-order valence-electron chi connectivity index (χ1n) is 6.53. The number of benzene rings is 1. The second-order valence-electron chi connectivity index (χ2n) is 4.68. The van der Waals surface area contributed by atoms with Gasteiger partial charge in [-0.3, -0.25) is 4.79 Å². The average molecular weight is 409 g/mol. The summed E-state index contributed by atoms with van der Waals surface area (Å²) in [6.45, 7) is 2.00. The van der Waals surface area contributed by atoms with Crippen LogP contribution in [0.15, 0.2) is 22.7 Å². The maximum Gasteiger partial charge on any atom is 0.253 e. The highest BCUT2D eigenvalue weighted by Crippen LogP contribution is 2.20. The summed E-state index contributed by atoms with van der Waals surface area (Å²) in [5, 5.41) is 0.824. The fourth-order valence-corrected chi connectivity index (χ4v) is 2.68. The molecule has 110 valence electrons. The first-order chi connectivity index (χ1) is 9.61. The Kier molecular flexibility index (Phi) is 5.99. The molecule has 20 heavy (non-hydrogen) atoms. The van der Waals surface area contributed by atoms with Crippen molar-refractivity contribution in [1.29, 1.82) is 0 Å². The Morgan fingerprint density at radius 1 is 1.40 bits per heavy atom. The number of piperidine rings is 1. The summed E-state index contributed by atoms with van der Waals surface area (Å²) in [5.41, 5.74) is 0.394. The number of hydrogen-bond acceptors (Lipinski definition) is 2. The van der Waals surface area contributed by atoms with Crippen LogP contribution in [0.3, 0.4) is 0 Å². The minimum Gasteiger partial charge on any atom is -0.377 e. The van der Waals surface area contributed by atoms with Crippen molar-refractivity contribution in [2.45, 2.75) is 18.9 Å². The quantitative estimate of drug-likeness (QED) is 0.712. The lowest BCUT2D eigenvalue weighted by Crippen LogP contribution is -2.41. The molecule has 1 heterocycles. The van der Waals surface area contributed by atoms with Crippen LogP contribution in [0.1, 0.15) is 23.2 Å². The van der Waals surface area contributed by atoms with E-state index in [1.165, 1.54) is 6.07 Å². The monoisotopic (exact) mass is 407 g/mol. The van der Waals surface area contributed by atoms with Crippen molar-refractivity contribution in [2.75, 3.05) is 25.0 Å². The standard InChI is InChI=1S/C14H16Br2FNO2/c15-5-8-20-11-3-6-18(7-4-11)14(19)10-1-2-12(16)13(17)9-10/h1-2,9,11H,3-8H2. The normalized spacial score (nSPS) is 16.4. The molecule has 1 saturated heterocycles.